The molecule has 9 heteroatoms. The Labute approximate surface area is 188 Å². The number of nitrogens with two attached hydrogens (primary N) is 1. The minimum absolute atomic E-state index is 0.0591. The molecular weight excluding hydrogens is 426 g/mol. The van der Waals surface area contributed by atoms with Gasteiger partial charge in [-0.25, -0.2) is 0 Å². The number of Topliss-reactive ketones (excluding diaryl/α,β-unsaturated/α-hetero) is 1. The van der Waals surface area contributed by atoms with Gasteiger partial charge >= 0.3 is 5.00 Å². The summed E-state index contributed by atoms with van der Waals surface area (Å²) in [7, 11) is 0. The third-order valence-electron chi connectivity index (χ3n) is 5.71. The lowest BCUT2D eigenvalue weighted by Crippen LogP contribution is -2.42. The van der Waals surface area contributed by atoms with Crippen LogP contribution in [0.3, 0.4) is 0 Å². The van der Waals surface area contributed by atoms with E-state index in [1.165, 1.54) is 6.07 Å². The number of ketones is 1. The quantitative estimate of drug-likeness (QED) is 0.543. The van der Waals surface area contributed by atoms with Crippen molar-refractivity contribution in [2.45, 2.75) is 32.6 Å². The zero-order valence-electron chi connectivity index (χ0n) is 17.5. The van der Waals surface area contributed by atoms with Gasteiger partial charge in [0.05, 0.1) is 34.1 Å². The normalized spacial score (nSPS) is 19.9. The minimum atomic E-state index is -0.744. The number of nitrogens with zero attached hydrogens (tertiary/aromatic N) is 4. The van der Waals surface area contributed by atoms with Crippen LogP contribution < -0.4 is 10.6 Å². The van der Waals surface area contributed by atoms with E-state index >= 15 is 0 Å². The number of carbonyl (C=O) groups excluding carboxylic acids is 1. The van der Waals surface area contributed by atoms with Crippen molar-refractivity contribution in [1.82, 2.24) is 0 Å². The maximum absolute atomic E-state index is 13.4. The predicted molar refractivity (Wildman–Crippen MR) is 119 cm³/mol. The Morgan fingerprint density at radius 1 is 1.16 bits per heavy atom. The standard InChI is InChI=1S/C23H19N5O3S/c1-23(2)9-16-21(17(29)10-23)20(18-7-8-19(32-18)28(30)31)15(12-25)22(26)27(16)14-5-3-13(11-24)4-6-14/h3-8,20H,9-10,26H2,1-2H3/t20-/m0/s1. The van der Waals surface area contributed by atoms with Gasteiger partial charge in [-0.2, -0.15) is 10.5 Å². The highest BCUT2D eigenvalue weighted by molar-refractivity contribution is 7.15. The van der Waals surface area contributed by atoms with Crippen LogP contribution in [0.15, 0.2) is 59.1 Å². The van der Waals surface area contributed by atoms with Crippen LogP contribution in [0.2, 0.25) is 0 Å². The first kappa shape index (κ1) is 21.3. The molecule has 1 aliphatic carbocycles. The molecule has 1 aliphatic heterocycles. The number of benzene rings is 1. The fourth-order valence-corrected chi connectivity index (χ4v) is 5.31. The molecule has 0 saturated carbocycles. The second-order valence-electron chi connectivity index (χ2n) is 8.57. The maximum Gasteiger partial charge on any atom is 0.324 e. The average Bonchev–Trinajstić information content (AvgIpc) is 3.22. The summed E-state index contributed by atoms with van der Waals surface area (Å²) in [6.07, 6.45) is 0.840. The van der Waals surface area contributed by atoms with Crippen LogP contribution in [0.25, 0.3) is 0 Å². The number of nitriles is 2. The molecule has 0 spiro atoms. The highest BCUT2D eigenvalue weighted by Gasteiger charge is 2.45. The van der Waals surface area contributed by atoms with Gasteiger partial charge < -0.3 is 5.73 Å². The first-order chi connectivity index (χ1) is 15.2. The van der Waals surface area contributed by atoms with E-state index in [0.717, 1.165) is 11.3 Å². The van der Waals surface area contributed by atoms with E-state index in [1.807, 2.05) is 13.8 Å². The third kappa shape index (κ3) is 3.43. The Balaban J connectivity index is 1.97. The monoisotopic (exact) mass is 445 g/mol. The number of rotatable bonds is 3. The molecule has 0 fully saturated rings. The zero-order chi connectivity index (χ0) is 23.2. The van der Waals surface area contributed by atoms with Crippen LogP contribution in [0, 0.1) is 38.2 Å². The molecule has 0 radical (unpaired) electrons. The van der Waals surface area contributed by atoms with Gasteiger partial charge in [0, 0.05) is 34.3 Å². The van der Waals surface area contributed by atoms with Crippen molar-refractivity contribution in [3.63, 3.8) is 0 Å². The van der Waals surface area contributed by atoms with Crippen LogP contribution in [-0.4, -0.2) is 10.7 Å². The van der Waals surface area contributed by atoms with Crippen molar-refractivity contribution in [2.75, 3.05) is 4.90 Å². The molecule has 0 amide bonds. The minimum Gasteiger partial charge on any atom is -0.384 e. The van der Waals surface area contributed by atoms with Crippen molar-refractivity contribution in [3.05, 3.63) is 79.6 Å². The Morgan fingerprint density at radius 3 is 2.41 bits per heavy atom. The Bertz CT molecular complexity index is 1290. The van der Waals surface area contributed by atoms with Gasteiger partial charge in [0.15, 0.2) is 5.78 Å². The molecule has 2 heterocycles. The number of allylic oxidation sites excluding steroid dienone is 3. The van der Waals surface area contributed by atoms with Gasteiger partial charge in [-0.15, -0.1) is 0 Å². The lowest BCUT2D eigenvalue weighted by atomic mass is 9.69. The lowest BCUT2D eigenvalue weighted by molar-refractivity contribution is -0.380. The molecule has 0 unspecified atom stereocenters. The number of hydrogen-bond acceptors (Lipinski definition) is 8. The molecule has 1 aromatic carbocycles. The zero-order valence-corrected chi connectivity index (χ0v) is 18.3. The highest BCUT2D eigenvalue weighted by Crippen LogP contribution is 2.51. The topological polar surface area (TPSA) is 137 Å². The largest absolute Gasteiger partial charge is 0.384 e. The second-order valence-corrected chi connectivity index (χ2v) is 9.67. The average molecular weight is 446 g/mol. The summed E-state index contributed by atoms with van der Waals surface area (Å²) in [6.45, 7) is 3.99. The number of carbonyl (C=O) groups is 1. The van der Waals surface area contributed by atoms with Crippen LogP contribution in [0.1, 0.15) is 43.0 Å². The fraction of sp³-hybridized carbons (Fsp3) is 0.261. The van der Waals surface area contributed by atoms with Gasteiger partial charge in [0.2, 0.25) is 0 Å². The molecule has 0 saturated heterocycles. The molecular formula is C23H19N5O3S. The lowest BCUT2D eigenvalue weighted by Gasteiger charge is -2.43. The molecule has 160 valence electrons. The van der Waals surface area contributed by atoms with E-state index in [0.29, 0.717) is 40.2 Å². The summed E-state index contributed by atoms with van der Waals surface area (Å²) in [6, 6.07) is 14.0. The summed E-state index contributed by atoms with van der Waals surface area (Å²) in [5.74, 6) is -0.661. The third-order valence-corrected chi connectivity index (χ3v) is 6.81. The van der Waals surface area contributed by atoms with Crippen molar-refractivity contribution < 1.29 is 9.72 Å². The van der Waals surface area contributed by atoms with Gasteiger partial charge in [-0.1, -0.05) is 25.2 Å². The van der Waals surface area contributed by atoms with Crippen molar-refractivity contribution >= 4 is 27.8 Å². The molecule has 32 heavy (non-hydrogen) atoms. The van der Waals surface area contributed by atoms with Gasteiger partial charge in [0.1, 0.15) is 5.82 Å². The molecule has 2 aromatic rings. The number of nitro groups is 1. The van der Waals surface area contributed by atoms with Crippen LogP contribution in [-0.2, 0) is 4.79 Å². The number of thiophene rings is 1. The Morgan fingerprint density at radius 2 is 1.84 bits per heavy atom. The van der Waals surface area contributed by atoms with Gasteiger partial charge in [0.25, 0.3) is 0 Å². The highest BCUT2D eigenvalue weighted by atomic mass is 32.1. The SMILES string of the molecule is CC1(C)CC(=O)C2=C(C1)N(c1ccc(C#N)cc1)C(N)=C(C#N)[C@H]2c1ccc([N+](=O)[O-])s1. The fourth-order valence-electron chi connectivity index (χ4n) is 4.37. The predicted octanol–water partition coefficient (Wildman–Crippen LogP) is 4.47. The second kappa shape index (κ2) is 7.63. The smallest absolute Gasteiger partial charge is 0.324 e. The Hall–Kier alpha value is -3.95. The van der Waals surface area contributed by atoms with Crippen molar-refractivity contribution in [2.24, 2.45) is 11.1 Å². The van der Waals surface area contributed by atoms with Gasteiger partial charge in [-0.3, -0.25) is 19.8 Å². The molecule has 1 aromatic heterocycles. The summed E-state index contributed by atoms with van der Waals surface area (Å²) < 4.78 is 0. The van der Waals surface area contributed by atoms with Crippen molar-refractivity contribution in [1.29, 1.82) is 10.5 Å². The van der Waals surface area contributed by atoms with E-state index < -0.39 is 10.8 Å². The first-order valence-electron chi connectivity index (χ1n) is 9.87. The molecule has 8 nitrogen and oxygen atoms in total. The summed E-state index contributed by atoms with van der Waals surface area (Å²) in [5.41, 5.74) is 8.63. The summed E-state index contributed by atoms with van der Waals surface area (Å²) in [4.78, 5) is 26.4. The summed E-state index contributed by atoms with van der Waals surface area (Å²) >= 11 is 0.947. The van der Waals surface area contributed by atoms with E-state index in [9.17, 15) is 20.2 Å². The summed E-state index contributed by atoms with van der Waals surface area (Å²) in [5, 5.41) is 30.3. The molecule has 4 rings (SSSR count). The van der Waals surface area contributed by atoms with E-state index in [2.05, 4.69) is 12.1 Å². The van der Waals surface area contributed by atoms with Crippen LogP contribution in [0.4, 0.5) is 10.7 Å². The molecule has 2 N–H and O–H groups in total. The number of anilines is 1. The maximum atomic E-state index is 13.4. The van der Waals surface area contributed by atoms with E-state index in [1.54, 1.807) is 35.2 Å². The van der Waals surface area contributed by atoms with Crippen molar-refractivity contribution in [3.8, 4) is 12.1 Å². The number of hydrogen-bond donors (Lipinski definition) is 1. The molecule has 2 aliphatic rings. The van der Waals surface area contributed by atoms with E-state index in [4.69, 9.17) is 11.0 Å². The molecule has 0 bridgehead atoms. The van der Waals surface area contributed by atoms with Gasteiger partial charge in [-0.05, 0) is 42.2 Å². The van der Waals surface area contributed by atoms with Crippen LogP contribution >= 0.6 is 11.3 Å². The first-order valence-corrected chi connectivity index (χ1v) is 10.7. The Kier molecular flexibility index (Phi) is 5.08. The molecule has 1 atom stereocenters. The van der Waals surface area contributed by atoms with E-state index in [-0.39, 0.29) is 27.6 Å². The van der Waals surface area contributed by atoms with Crippen LogP contribution in [0.5, 0.6) is 0 Å².